The molecule has 0 amide bonds. The third-order valence-electron chi connectivity index (χ3n) is 2.02. The summed E-state index contributed by atoms with van der Waals surface area (Å²) in [6.45, 7) is 2.30. The van der Waals surface area contributed by atoms with Gasteiger partial charge in [-0.3, -0.25) is 0 Å². The van der Waals surface area contributed by atoms with Crippen LogP contribution in [0, 0.1) is 5.82 Å². The molecule has 1 aromatic rings. The largest absolute Gasteiger partial charge is 0.493 e. The Hall–Kier alpha value is -0.650. The molecular formula is C12H16BrFO3. The molecule has 0 unspecified atom stereocenters. The molecule has 0 aliphatic rings. The van der Waals surface area contributed by atoms with Gasteiger partial charge in [-0.25, -0.2) is 4.39 Å². The molecule has 0 saturated heterocycles. The zero-order valence-corrected chi connectivity index (χ0v) is 11.3. The van der Waals surface area contributed by atoms with E-state index in [1.54, 1.807) is 19.2 Å². The van der Waals surface area contributed by atoms with Crippen LogP contribution in [0.5, 0.6) is 5.75 Å². The van der Waals surface area contributed by atoms with Gasteiger partial charge in [0, 0.05) is 26.2 Å². The first-order valence-corrected chi connectivity index (χ1v) is 6.18. The van der Waals surface area contributed by atoms with E-state index in [2.05, 4.69) is 15.9 Å². The molecule has 3 nitrogen and oxygen atoms in total. The molecule has 0 bridgehead atoms. The molecule has 1 aromatic carbocycles. The SMILES string of the molecule is COCCOCCCOc1ccc(Br)c(F)c1. The van der Waals surface area contributed by atoms with Crippen molar-refractivity contribution in [1.82, 2.24) is 0 Å². The molecule has 5 heteroatoms. The van der Waals surface area contributed by atoms with Crippen molar-refractivity contribution in [3.05, 3.63) is 28.5 Å². The van der Waals surface area contributed by atoms with E-state index >= 15 is 0 Å². The van der Waals surface area contributed by atoms with E-state index in [1.165, 1.54) is 6.07 Å². The summed E-state index contributed by atoms with van der Waals surface area (Å²) in [6, 6.07) is 4.70. The molecule has 0 fully saturated rings. The molecule has 17 heavy (non-hydrogen) atoms. The van der Waals surface area contributed by atoms with Crippen molar-refractivity contribution >= 4 is 15.9 Å². The second-order valence-corrected chi connectivity index (χ2v) is 4.24. The summed E-state index contributed by atoms with van der Waals surface area (Å²) in [7, 11) is 1.63. The Bertz CT molecular complexity index is 334. The van der Waals surface area contributed by atoms with E-state index in [9.17, 15) is 4.39 Å². The third kappa shape index (κ3) is 6.00. The van der Waals surface area contributed by atoms with Gasteiger partial charge in [0.05, 0.1) is 24.3 Å². The second kappa shape index (κ2) is 8.44. The molecule has 0 atom stereocenters. The fourth-order valence-electron chi connectivity index (χ4n) is 1.16. The van der Waals surface area contributed by atoms with E-state index in [1.807, 2.05) is 0 Å². The number of hydrogen-bond donors (Lipinski definition) is 0. The minimum Gasteiger partial charge on any atom is -0.493 e. The van der Waals surface area contributed by atoms with E-state index in [4.69, 9.17) is 14.2 Å². The van der Waals surface area contributed by atoms with Crippen molar-refractivity contribution < 1.29 is 18.6 Å². The molecular weight excluding hydrogens is 291 g/mol. The Morgan fingerprint density at radius 3 is 2.71 bits per heavy atom. The van der Waals surface area contributed by atoms with Crippen LogP contribution in [0.4, 0.5) is 4.39 Å². The molecule has 0 aliphatic carbocycles. The fourth-order valence-corrected chi connectivity index (χ4v) is 1.41. The van der Waals surface area contributed by atoms with Crippen LogP contribution in [0.25, 0.3) is 0 Å². The van der Waals surface area contributed by atoms with Crippen LogP contribution in [0.2, 0.25) is 0 Å². The standard InChI is InChI=1S/C12H16BrFO3/c1-15-7-8-16-5-2-6-17-10-3-4-11(13)12(14)9-10/h3-4,9H,2,5-8H2,1H3. The minimum absolute atomic E-state index is 0.321. The Balaban J connectivity index is 2.11. The first-order chi connectivity index (χ1) is 8.24. The highest BCUT2D eigenvalue weighted by molar-refractivity contribution is 9.10. The Morgan fingerprint density at radius 2 is 2.00 bits per heavy atom. The summed E-state index contributed by atoms with van der Waals surface area (Å²) in [5.74, 6) is 0.210. The summed E-state index contributed by atoms with van der Waals surface area (Å²) >= 11 is 3.08. The smallest absolute Gasteiger partial charge is 0.141 e. The number of methoxy groups -OCH3 is 1. The molecule has 0 radical (unpaired) electrons. The number of hydrogen-bond acceptors (Lipinski definition) is 3. The predicted molar refractivity (Wildman–Crippen MR) is 66.9 cm³/mol. The van der Waals surface area contributed by atoms with E-state index in [-0.39, 0.29) is 5.82 Å². The van der Waals surface area contributed by atoms with Gasteiger partial charge in [-0.1, -0.05) is 0 Å². The highest BCUT2D eigenvalue weighted by Crippen LogP contribution is 2.20. The van der Waals surface area contributed by atoms with Crippen molar-refractivity contribution in [3.8, 4) is 5.75 Å². The van der Waals surface area contributed by atoms with Crippen LogP contribution in [-0.2, 0) is 9.47 Å². The van der Waals surface area contributed by atoms with Crippen LogP contribution in [-0.4, -0.2) is 33.5 Å². The Kier molecular flexibility index (Phi) is 7.16. The van der Waals surface area contributed by atoms with Gasteiger partial charge in [-0.2, -0.15) is 0 Å². The second-order valence-electron chi connectivity index (χ2n) is 3.38. The van der Waals surface area contributed by atoms with Crippen LogP contribution in [0.3, 0.4) is 0 Å². The van der Waals surface area contributed by atoms with Crippen LogP contribution < -0.4 is 4.74 Å². The molecule has 0 aliphatic heterocycles. The average molecular weight is 307 g/mol. The lowest BCUT2D eigenvalue weighted by Gasteiger charge is -2.07. The first-order valence-electron chi connectivity index (χ1n) is 5.38. The monoisotopic (exact) mass is 306 g/mol. The quantitative estimate of drug-likeness (QED) is 0.691. The Morgan fingerprint density at radius 1 is 1.18 bits per heavy atom. The first kappa shape index (κ1) is 14.4. The van der Waals surface area contributed by atoms with E-state index in [0.29, 0.717) is 36.6 Å². The van der Waals surface area contributed by atoms with Crippen molar-refractivity contribution in [1.29, 1.82) is 0 Å². The van der Waals surface area contributed by atoms with Crippen LogP contribution in [0.1, 0.15) is 6.42 Å². The normalized spacial score (nSPS) is 10.5. The number of rotatable bonds is 8. The van der Waals surface area contributed by atoms with Crippen molar-refractivity contribution in [2.45, 2.75) is 6.42 Å². The predicted octanol–water partition coefficient (Wildman–Crippen LogP) is 3.02. The van der Waals surface area contributed by atoms with Crippen molar-refractivity contribution in [2.24, 2.45) is 0 Å². The maximum absolute atomic E-state index is 13.1. The molecule has 0 spiro atoms. The summed E-state index contributed by atoms with van der Waals surface area (Å²) in [5.41, 5.74) is 0. The van der Waals surface area contributed by atoms with E-state index in [0.717, 1.165) is 6.42 Å². The summed E-state index contributed by atoms with van der Waals surface area (Å²) in [5, 5.41) is 0. The summed E-state index contributed by atoms with van der Waals surface area (Å²) in [4.78, 5) is 0. The highest BCUT2D eigenvalue weighted by Gasteiger charge is 2.01. The lowest BCUT2D eigenvalue weighted by molar-refractivity contribution is 0.0644. The lowest BCUT2D eigenvalue weighted by atomic mass is 10.3. The lowest BCUT2D eigenvalue weighted by Crippen LogP contribution is -2.06. The van der Waals surface area contributed by atoms with Gasteiger partial charge in [-0.15, -0.1) is 0 Å². The molecule has 1 rings (SSSR count). The van der Waals surface area contributed by atoms with Crippen molar-refractivity contribution in [3.63, 3.8) is 0 Å². The highest BCUT2D eigenvalue weighted by atomic mass is 79.9. The van der Waals surface area contributed by atoms with Gasteiger partial charge < -0.3 is 14.2 Å². The number of benzene rings is 1. The van der Waals surface area contributed by atoms with Crippen LogP contribution >= 0.6 is 15.9 Å². The fraction of sp³-hybridized carbons (Fsp3) is 0.500. The molecule has 0 N–H and O–H groups in total. The van der Waals surface area contributed by atoms with Gasteiger partial charge in [0.15, 0.2) is 0 Å². The molecule has 0 saturated carbocycles. The molecule has 0 aromatic heterocycles. The maximum Gasteiger partial charge on any atom is 0.141 e. The third-order valence-corrected chi connectivity index (χ3v) is 2.67. The molecule has 0 heterocycles. The number of ether oxygens (including phenoxy) is 3. The van der Waals surface area contributed by atoms with Gasteiger partial charge in [0.2, 0.25) is 0 Å². The zero-order valence-electron chi connectivity index (χ0n) is 9.75. The average Bonchev–Trinajstić information content (AvgIpc) is 2.32. The summed E-state index contributed by atoms with van der Waals surface area (Å²) in [6.07, 6.45) is 0.765. The topological polar surface area (TPSA) is 27.7 Å². The maximum atomic E-state index is 13.1. The van der Waals surface area contributed by atoms with Gasteiger partial charge in [0.1, 0.15) is 11.6 Å². The summed E-state index contributed by atoms with van der Waals surface area (Å²) < 4.78 is 29.1. The zero-order chi connectivity index (χ0) is 12.5. The Labute approximate surface area is 109 Å². The molecule has 96 valence electrons. The van der Waals surface area contributed by atoms with E-state index < -0.39 is 0 Å². The van der Waals surface area contributed by atoms with Crippen LogP contribution in [0.15, 0.2) is 22.7 Å². The number of halogens is 2. The van der Waals surface area contributed by atoms with Gasteiger partial charge >= 0.3 is 0 Å². The minimum atomic E-state index is -0.321. The van der Waals surface area contributed by atoms with Gasteiger partial charge in [-0.05, 0) is 28.1 Å². The van der Waals surface area contributed by atoms with Crippen molar-refractivity contribution in [2.75, 3.05) is 33.5 Å². The van der Waals surface area contributed by atoms with Gasteiger partial charge in [0.25, 0.3) is 0 Å².